The second-order valence-corrected chi connectivity index (χ2v) is 4.24. The largest absolute Gasteiger partial charge is 0.383 e. The molecular weight excluding hydrogens is 290 g/mol. The minimum absolute atomic E-state index is 0.0191. The molecule has 0 heterocycles. The summed E-state index contributed by atoms with van der Waals surface area (Å²) in [6, 6.07) is 5.75. The summed E-state index contributed by atoms with van der Waals surface area (Å²) in [6.07, 6.45) is 2.76. The van der Waals surface area contributed by atoms with E-state index in [0.717, 1.165) is 0 Å². The fourth-order valence-corrected chi connectivity index (χ4v) is 1.46. The summed E-state index contributed by atoms with van der Waals surface area (Å²) >= 11 is 0. The van der Waals surface area contributed by atoms with Crippen LogP contribution in [0.4, 0.5) is 5.69 Å². The third kappa shape index (κ3) is 6.62. The third-order valence-electron chi connectivity index (χ3n) is 2.58. The van der Waals surface area contributed by atoms with Crippen LogP contribution in [0.3, 0.4) is 0 Å². The molecule has 0 aliphatic heterocycles. The molecule has 22 heavy (non-hydrogen) atoms. The number of nitro groups is 1. The third-order valence-corrected chi connectivity index (χ3v) is 2.58. The highest BCUT2D eigenvalue weighted by molar-refractivity contribution is 5.94. The molecule has 0 aliphatic carbocycles. The summed E-state index contributed by atoms with van der Waals surface area (Å²) in [6.45, 7) is 0.650. The number of carbonyl (C=O) groups is 2. The van der Waals surface area contributed by atoms with E-state index in [1.807, 2.05) is 0 Å². The standard InChI is InChI=1S/C14H17N3O5/c1-22-9-8-15-14(19)10-16-13(18)7-4-11-2-5-12(6-3-11)17(20)21/h2-7H,8-10H2,1H3,(H,15,19)(H,16,18)/b7-4+. The second kappa shape index (κ2) is 9.24. The smallest absolute Gasteiger partial charge is 0.269 e. The van der Waals surface area contributed by atoms with E-state index in [4.69, 9.17) is 4.74 Å². The Morgan fingerprint density at radius 3 is 2.55 bits per heavy atom. The Kier molecular flexibility index (Phi) is 7.27. The van der Waals surface area contributed by atoms with Crippen LogP contribution in [0.25, 0.3) is 6.08 Å². The molecule has 1 aromatic rings. The van der Waals surface area contributed by atoms with Gasteiger partial charge in [-0.3, -0.25) is 19.7 Å². The number of nitrogens with zero attached hydrogens (tertiary/aromatic N) is 1. The van der Waals surface area contributed by atoms with Crippen molar-refractivity contribution in [1.82, 2.24) is 10.6 Å². The van der Waals surface area contributed by atoms with Gasteiger partial charge in [-0.15, -0.1) is 0 Å². The van der Waals surface area contributed by atoms with Crippen molar-refractivity contribution in [2.45, 2.75) is 0 Å². The average molecular weight is 307 g/mol. The van der Waals surface area contributed by atoms with Crippen molar-refractivity contribution in [3.05, 3.63) is 46.0 Å². The number of hydrogen-bond acceptors (Lipinski definition) is 5. The van der Waals surface area contributed by atoms with Crippen molar-refractivity contribution in [2.75, 3.05) is 26.8 Å². The first-order chi connectivity index (χ1) is 10.5. The molecule has 0 saturated carbocycles. The SMILES string of the molecule is COCCNC(=O)CNC(=O)/C=C/c1ccc([N+](=O)[O-])cc1. The van der Waals surface area contributed by atoms with E-state index in [9.17, 15) is 19.7 Å². The van der Waals surface area contributed by atoms with Crippen LogP contribution in [0, 0.1) is 10.1 Å². The van der Waals surface area contributed by atoms with Gasteiger partial charge in [0.1, 0.15) is 0 Å². The number of hydrogen-bond donors (Lipinski definition) is 2. The van der Waals surface area contributed by atoms with Gasteiger partial charge < -0.3 is 15.4 Å². The van der Waals surface area contributed by atoms with E-state index in [1.54, 1.807) is 0 Å². The maximum absolute atomic E-state index is 11.5. The Bertz CT molecular complexity index is 554. The van der Waals surface area contributed by atoms with Gasteiger partial charge in [0.05, 0.1) is 18.1 Å². The lowest BCUT2D eigenvalue weighted by Crippen LogP contribution is -2.37. The number of non-ortho nitro benzene ring substituents is 1. The lowest BCUT2D eigenvalue weighted by atomic mass is 10.2. The maximum atomic E-state index is 11.5. The molecule has 1 aromatic carbocycles. The van der Waals surface area contributed by atoms with Crippen LogP contribution < -0.4 is 10.6 Å². The van der Waals surface area contributed by atoms with Gasteiger partial charge in [0.2, 0.25) is 11.8 Å². The molecule has 118 valence electrons. The van der Waals surface area contributed by atoms with Crippen LogP contribution in [0.1, 0.15) is 5.56 Å². The summed E-state index contributed by atoms with van der Waals surface area (Å²) < 4.78 is 4.77. The van der Waals surface area contributed by atoms with E-state index in [1.165, 1.54) is 43.5 Å². The van der Waals surface area contributed by atoms with Gasteiger partial charge in [-0.1, -0.05) is 0 Å². The molecule has 0 fully saturated rings. The van der Waals surface area contributed by atoms with Gasteiger partial charge in [-0.2, -0.15) is 0 Å². The van der Waals surface area contributed by atoms with Gasteiger partial charge >= 0.3 is 0 Å². The predicted molar refractivity (Wildman–Crippen MR) is 80.0 cm³/mol. The van der Waals surface area contributed by atoms with E-state index in [0.29, 0.717) is 18.7 Å². The zero-order valence-electron chi connectivity index (χ0n) is 12.1. The molecule has 2 N–H and O–H groups in total. The molecule has 0 aliphatic rings. The topological polar surface area (TPSA) is 111 Å². The average Bonchev–Trinajstić information content (AvgIpc) is 2.51. The molecule has 0 spiro atoms. The first kappa shape index (κ1) is 17.3. The molecule has 0 unspecified atom stereocenters. The Morgan fingerprint density at radius 1 is 1.27 bits per heavy atom. The molecule has 1 rings (SSSR count). The maximum Gasteiger partial charge on any atom is 0.269 e. The number of ether oxygens (including phenoxy) is 1. The Labute approximate surface area is 127 Å². The quantitative estimate of drug-likeness (QED) is 0.314. The highest BCUT2D eigenvalue weighted by Gasteiger charge is 2.04. The Hall–Kier alpha value is -2.74. The van der Waals surface area contributed by atoms with Gasteiger partial charge in [0.25, 0.3) is 5.69 Å². The van der Waals surface area contributed by atoms with Crippen molar-refractivity contribution >= 4 is 23.6 Å². The van der Waals surface area contributed by atoms with Crippen LogP contribution in [0.2, 0.25) is 0 Å². The Morgan fingerprint density at radius 2 is 1.95 bits per heavy atom. The minimum atomic E-state index is -0.498. The first-order valence-corrected chi connectivity index (χ1v) is 6.49. The fourth-order valence-electron chi connectivity index (χ4n) is 1.46. The van der Waals surface area contributed by atoms with Crippen molar-refractivity contribution in [2.24, 2.45) is 0 Å². The summed E-state index contributed by atoms with van der Waals surface area (Å²) in [5.41, 5.74) is 0.625. The zero-order chi connectivity index (χ0) is 16.4. The number of amides is 2. The fraction of sp³-hybridized carbons (Fsp3) is 0.286. The molecule has 0 atom stereocenters. The normalized spacial score (nSPS) is 10.4. The van der Waals surface area contributed by atoms with Gasteiger partial charge in [-0.25, -0.2) is 0 Å². The van der Waals surface area contributed by atoms with Crippen LogP contribution in [0.15, 0.2) is 30.3 Å². The van der Waals surface area contributed by atoms with Crippen LogP contribution in [0.5, 0.6) is 0 Å². The van der Waals surface area contributed by atoms with E-state index < -0.39 is 10.8 Å². The summed E-state index contributed by atoms with van der Waals surface area (Å²) in [4.78, 5) is 32.8. The summed E-state index contributed by atoms with van der Waals surface area (Å²) in [5, 5.41) is 15.5. The van der Waals surface area contributed by atoms with Crippen molar-refractivity contribution < 1.29 is 19.2 Å². The van der Waals surface area contributed by atoms with Gasteiger partial charge in [-0.05, 0) is 23.8 Å². The highest BCUT2D eigenvalue weighted by atomic mass is 16.6. The number of carbonyl (C=O) groups excluding carboxylic acids is 2. The molecule has 2 amide bonds. The number of benzene rings is 1. The van der Waals surface area contributed by atoms with E-state index >= 15 is 0 Å². The summed E-state index contributed by atoms with van der Waals surface area (Å²) in [5.74, 6) is -0.741. The van der Waals surface area contributed by atoms with E-state index in [2.05, 4.69) is 10.6 Å². The molecule has 0 bridgehead atoms. The van der Waals surface area contributed by atoms with Crippen LogP contribution >= 0.6 is 0 Å². The first-order valence-electron chi connectivity index (χ1n) is 6.49. The Balaban J connectivity index is 2.37. The van der Waals surface area contributed by atoms with Crippen molar-refractivity contribution in [1.29, 1.82) is 0 Å². The number of nitrogens with one attached hydrogen (secondary N) is 2. The molecule has 8 nitrogen and oxygen atoms in total. The molecular formula is C14H17N3O5. The summed E-state index contributed by atoms with van der Waals surface area (Å²) in [7, 11) is 1.52. The van der Waals surface area contributed by atoms with Gasteiger partial charge in [0, 0.05) is 31.9 Å². The monoisotopic (exact) mass is 307 g/mol. The van der Waals surface area contributed by atoms with E-state index in [-0.39, 0.29) is 18.1 Å². The molecule has 0 saturated heterocycles. The number of rotatable bonds is 8. The zero-order valence-corrected chi connectivity index (χ0v) is 12.1. The molecule has 0 radical (unpaired) electrons. The minimum Gasteiger partial charge on any atom is -0.383 e. The molecule has 8 heteroatoms. The van der Waals surface area contributed by atoms with Crippen molar-refractivity contribution in [3.63, 3.8) is 0 Å². The number of methoxy groups -OCH3 is 1. The van der Waals surface area contributed by atoms with Crippen molar-refractivity contribution in [3.8, 4) is 0 Å². The van der Waals surface area contributed by atoms with Crippen LogP contribution in [-0.2, 0) is 14.3 Å². The predicted octanol–water partition coefficient (Wildman–Crippen LogP) is 0.487. The lowest BCUT2D eigenvalue weighted by molar-refractivity contribution is -0.384. The molecule has 0 aromatic heterocycles. The number of nitro benzene ring substituents is 1. The highest BCUT2D eigenvalue weighted by Crippen LogP contribution is 2.12. The second-order valence-electron chi connectivity index (χ2n) is 4.24. The van der Waals surface area contributed by atoms with Crippen LogP contribution in [-0.4, -0.2) is 43.5 Å². The van der Waals surface area contributed by atoms with Gasteiger partial charge in [0.15, 0.2) is 0 Å². The lowest BCUT2D eigenvalue weighted by Gasteiger charge is -2.04.